The summed E-state index contributed by atoms with van der Waals surface area (Å²) < 4.78 is 135. The highest BCUT2D eigenvalue weighted by molar-refractivity contribution is 7.87. The third kappa shape index (κ3) is 8.71. The maximum absolute atomic E-state index is 12.5. The Hall–Kier alpha value is -3.76. The van der Waals surface area contributed by atoms with E-state index in [1.165, 1.54) is 11.0 Å². The van der Waals surface area contributed by atoms with Crippen molar-refractivity contribution < 1.29 is 66.4 Å². The van der Waals surface area contributed by atoms with Gasteiger partial charge in [0.15, 0.2) is 5.71 Å². The second kappa shape index (κ2) is 14.2. The number of fused-ring (bicyclic) bond motifs is 2. The van der Waals surface area contributed by atoms with Gasteiger partial charge in [0, 0.05) is 47.5 Å². The maximum atomic E-state index is 12.5. The summed E-state index contributed by atoms with van der Waals surface area (Å²) in [5.74, 6) is -2.36. The molecule has 0 amide bonds. The molecule has 4 rings (SSSR count). The second-order valence-corrected chi connectivity index (χ2v) is 19.2. The summed E-state index contributed by atoms with van der Waals surface area (Å²) in [4.78, 5) is 11.9. The van der Waals surface area contributed by atoms with E-state index in [9.17, 15) is 61.8 Å². The molecular weight excluding hydrogens is 765 g/mol. The highest BCUT2D eigenvalue weighted by Crippen LogP contribution is 2.51. The fourth-order valence-corrected chi connectivity index (χ4v) is 9.29. The highest BCUT2D eigenvalue weighted by Gasteiger charge is 2.47. The molecule has 0 atom stereocenters. The largest absolute Gasteiger partial charge is 0.478 e. The van der Waals surface area contributed by atoms with Crippen LogP contribution in [-0.4, -0.2) is 97.8 Å². The van der Waals surface area contributed by atoms with Crippen molar-refractivity contribution in [2.75, 3.05) is 29.5 Å². The van der Waals surface area contributed by atoms with E-state index in [1.807, 2.05) is 13.8 Å². The zero-order chi connectivity index (χ0) is 39.2. The van der Waals surface area contributed by atoms with Crippen LogP contribution in [0, 0.1) is 0 Å². The zero-order valence-corrected chi connectivity index (χ0v) is 31.7. The van der Waals surface area contributed by atoms with Crippen molar-refractivity contribution >= 4 is 63.5 Å². The van der Waals surface area contributed by atoms with Gasteiger partial charge < -0.3 is 10.0 Å². The lowest BCUT2D eigenvalue weighted by atomic mass is 9.79. The number of allylic oxidation sites excluding steroid dienone is 6. The first-order valence-corrected chi connectivity index (χ1v) is 21.7. The van der Waals surface area contributed by atoms with Crippen LogP contribution in [0.25, 0.3) is 0 Å². The number of carboxylic acid groups (broad SMARTS) is 1. The van der Waals surface area contributed by atoms with Gasteiger partial charge in [0.2, 0.25) is 5.69 Å². The number of carbonyl (C=O) groups is 1. The molecule has 5 N–H and O–H groups in total. The van der Waals surface area contributed by atoms with Crippen LogP contribution in [0.2, 0.25) is 0 Å². The number of anilines is 1. The monoisotopic (exact) mass is 803 g/mol. The average molecular weight is 804 g/mol. The van der Waals surface area contributed by atoms with E-state index in [4.69, 9.17) is 0 Å². The van der Waals surface area contributed by atoms with Gasteiger partial charge in [-0.15, -0.1) is 0 Å². The summed E-state index contributed by atoms with van der Waals surface area (Å²) in [6, 6.07) is 6.37. The standard InChI is InChI=1S/C32H38N2O14S4/c1-31(2)26(33(15-9-17-49(37,38)39)23-12-8-11-22(28(23)31)30(35)36)13-6-5-7-14-27-32(3,4)29-24(34(27)16-10-18-50(40,41)42)19-21(51(43,44)45)20-25(29)52(46,47)48/h5-8,11-14,19-20H,9-10,15-18H2,1-4H3,(H4-,35,36,37,38,39,40,41,42,43,44,45,46,47,48)/p+1. The van der Waals surface area contributed by atoms with Crippen LogP contribution in [0.3, 0.4) is 0 Å². The Morgan fingerprint density at radius 1 is 0.788 bits per heavy atom. The van der Waals surface area contributed by atoms with Gasteiger partial charge in [-0.2, -0.15) is 38.2 Å². The normalized spacial score (nSPS) is 18.2. The molecule has 52 heavy (non-hydrogen) atoms. The van der Waals surface area contributed by atoms with Crippen molar-refractivity contribution in [1.29, 1.82) is 0 Å². The summed E-state index contributed by atoms with van der Waals surface area (Å²) in [7, 11) is -18.7. The number of nitrogens with zero attached hydrogens (tertiary/aromatic N) is 2. The number of hydrogen-bond donors (Lipinski definition) is 5. The van der Waals surface area contributed by atoms with Crippen molar-refractivity contribution in [3.05, 3.63) is 83.1 Å². The molecule has 2 aromatic carbocycles. The smallest absolute Gasteiger partial charge is 0.336 e. The fourth-order valence-electron chi connectivity index (χ4n) is 6.81. The molecule has 284 valence electrons. The molecule has 0 aliphatic carbocycles. The number of benzene rings is 2. The average Bonchev–Trinajstić information content (AvgIpc) is 3.33. The van der Waals surface area contributed by atoms with Crippen molar-refractivity contribution in [3.63, 3.8) is 0 Å². The van der Waals surface area contributed by atoms with Crippen LogP contribution in [-0.2, 0) is 51.3 Å². The van der Waals surface area contributed by atoms with Gasteiger partial charge in [-0.25, -0.2) is 4.79 Å². The molecule has 0 aromatic heterocycles. The van der Waals surface area contributed by atoms with E-state index in [-0.39, 0.29) is 42.7 Å². The minimum Gasteiger partial charge on any atom is -0.478 e. The Labute approximate surface area is 302 Å². The van der Waals surface area contributed by atoms with Crippen LogP contribution in [0.1, 0.15) is 62.0 Å². The maximum Gasteiger partial charge on any atom is 0.336 e. The van der Waals surface area contributed by atoms with Gasteiger partial charge in [0.05, 0.1) is 32.9 Å². The lowest BCUT2D eigenvalue weighted by molar-refractivity contribution is -0.437. The molecule has 2 aromatic rings. The molecule has 20 heteroatoms. The van der Waals surface area contributed by atoms with Crippen LogP contribution < -0.4 is 4.90 Å². The number of carboxylic acids is 1. The second-order valence-electron chi connectivity index (χ2n) is 13.3. The Balaban J connectivity index is 1.81. The molecule has 0 bridgehead atoms. The predicted molar refractivity (Wildman–Crippen MR) is 191 cm³/mol. The SMILES string of the molecule is CC1(C)C(/C=C/C=C/C=C2/N(CCCS(=O)(=O)O)c3cc(S(=O)(=O)O)cc(S(=O)(=O)O)c3C2(C)C)=[N+](CCCS(=O)(=O)O)c2cccc(C(=O)O)c21. The zero-order valence-electron chi connectivity index (χ0n) is 28.5. The van der Waals surface area contributed by atoms with Gasteiger partial charge >= 0.3 is 5.97 Å². The molecule has 0 unspecified atom stereocenters. The van der Waals surface area contributed by atoms with E-state index in [0.29, 0.717) is 28.7 Å². The predicted octanol–water partition coefficient (Wildman–Crippen LogP) is 3.60. The lowest BCUT2D eigenvalue weighted by Crippen LogP contribution is -2.29. The Morgan fingerprint density at radius 3 is 1.96 bits per heavy atom. The van der Waals surface area contributed by atoms with Gasteiger partial charge in [-0.1, -0.05) is 38.1 Å². The summed E-state index contributed by atoms with van der Waals surface area (Å²) >= 11 is 0. The van der Waals surface area contributed by atoms with Crippen molar-refractivity contribution in [3.8, 4) is 0 Å². The third-order valence-corrected chi connectivity index (χ3v) is 12.2. The first-order chi connectivity index (χ1) is 23.7. The summed E-state index contributed by atoms with van der Waals surface area (Å²) in [6.45, 7) is 6.75. The molecular formula is C32H39N2O14S4+. The molecule has 2 aliphatic rings. The van der Waals surface area contributed by atoms with Crippen molar-refractivity contribution in [2.45, 2.75) is 61.2 Å². The first-order valence-electron chi connectivity index (χ1n) is 15.6. The first kappa shape index (κ1) is 41.0. The molecule has 2 heterocycles. The minimum absolute atomic E-state index is 0.0266. The highest BCUT2D eigenvalue weighted by atomic mass is 32.2. The molecule has 0 fully saturated rings. The van der Waals surface area contributed by atoms with Gasteiger partial charge in [0.1, 0.15) is 11.4 Å². The number of rotatable bonds is 14. The lowest BCUT2D eigenvalue weighted by Gasteiger charge is -2.27. The van der Waals surface area contributed by atoms with Crippen LogP contribution in [0.4, 0.5) is 11.4 Å². The summed E-state index contributed by atoms with van der Waals surface area (Å²) in [5, 5.41) is 9.91. The van der Waals surface area contributed by atoms with Gasteiger partial charge in [-0.3, -0.25) is 18.2 Å². The topological polar surface area (TPSA) is 261 Å². The van der Waals surface area contributed by atoms with Crippen LogP contribution in [0.5, 0.6) is 0 Å². The summed E-state index contributed by atoms with van der Waals surface area (Å²) in [5.41, 5.74) is -0.148. The quantitative estimate of drug-likeness (QED) is 0.104. The number of hydrogen-bond acceptors (Lipinski definition) is 10. The van der Waals surface area contributed by atoms with E-state index < -0.39 is 78.6 Å². The molecule has 0 saturated carbocycles. The van der Waals surface area contributed by atoms with Gasteiger partial charge in [0.25, 0.3) is 40.5 Å². The summed E-state index contributed by atoms with van der Waals surface area (Å²) in [6.07, 6.45) is 7.83. The number of aromatic carboxylic acids is 1. The van der Waals surface area contributed by atoms with Crippen molar-refractivity contribution in [1.82, 2.24) is 0 Å². The molecule has 2 aliphatic heterocycles. The molecule has 0 radical (unpaired) electrons. The van der Waals surface area contributed by atoms with Crippen molar-refractivity contribution in [2.24, 2.45) is 0 Å². The van der Waals surface area contributed by atoms with E-state index in [1.54, 1.807) is 60.9 Å². The van der Waals surface area contributed by atoms with Gasteiger partial charge in [-0.05, 0) is 44.5 Å². The van der Waals surface area contributed by atoms with E-state index in [0.717, 1.165) is 6.07 Å². The Morgan fingerprint density at radius 2 is 1.40 bits per heavy atom. The molecule has 16 nitrogen and oxygen atoms in total. The van der Waals surface area contributed by atoms with E-state index in [2.05, 4.69) is 0 Å². The molecule has 0 saturated heterocycles. The minimum atomic E-state index is -5.06. The fraction of sp³-hybridized carbons (Fsp3) is 0.375. The van der Waals surface area contributed by atoms with Crippen LogP contribution >= 0.6 is 0 Å². The van der Waals surface area contributed by atoms with Crippen LogP contribution in [0.15, 0.2) is 76.2 Å². The third-order valence-electron chi connectivity index (χ3n) is 8.90. The van der Waals surface area contributed by atoms with E-state index >= 15 is 0 Å². The Bertz CT molecular complexity index is 2390. The Kier molecular flexibility index (Phi) is 11.2. The molecule has 0 spiro atoms.